The summed E-state index contributed by atoms with van der Waals surface area (Å²) < 4.78 is 0.726. The summed E-state index contributed by atoms with van der Waals surface area (Å²) in [5, 5.41) is 0. The van der Waals surface area contributed by atoms with E-state index in [1.165, 1.54) is 44.9 Å². The van der Waals surface area contributed by atoms with Gasteiger partial charge in [-0.2, -0.15) is 0 Å². The number of piperidine rings is 1. The number of rotatable bonds is 1. The zero-order valence-corrected chi connectivity index (χ0v) is 13.4. The molecule has 3 rings (SSSR count). The Kier molecular flexibility index (Phi) is 4.11. The van der Waals surface area contributed by atoms with Gasteiger partial charge in [0.1, 0.15) is 10.3 Å². The summed E-state index contributed by atoms with van der Waals surface area (Å²) in [5.41, 5.74) is 1.10. The Hall–Kier alpha value is -0.900. The minimum Gasteiger partial charge on any atom is -0.337 e. The lowest BCUT2D eigenvalue weighted by molar-refractivity contribution is 0.0467. The Morgan fingerprint density at radius 2 is 1.80 bits per heavy atom. The minimum absolute atomic E-state index is 0.0805. The van der Waals surface area contributed by atoms with Crippen LogP contribution in [0.3, 0.4) is 0 Å². The van der Waals surface area contributed by atoms with Crippen LogP contribution in [-0.4, -0.2) is 28.9 Å². The third kappa shape index (κ3) is 2.90. The highest BCUT2D eigenvalue weighted by Gasteiger charge is 2.36. The van der Waals surface area contributed by atoms with Crippen molar-refractivity contribution in [1.82, 2.24) is 9.88 Å². The van der Waals surface area contributed by atoms with Gasteiger partial charge in [0.2, 0.25) is 0 Å². The molecule has 1 saturated carbocycles. The predicted molar refractivity (Wildman–Crippen MR) is 82.6 cm³/mol. The van der Waals surface area contributed by atoms with Crippen LogP contribution < -0.4 is 0 Å². The van der Waals surface area contributed by atoms with Crippen molar-refractivity contribution in [2.75, 3.05) is 13.1 Å². The van der Waals surface area contributed by atoms with E-state index in [4.69, 9.17) is 0 Å². The SMILES string of the molecule is O=C(c1cccc(Br)n1)N1CCC2(CCCCC2)CC1. The number of halogens is 1. The molecule has 2 heterocycles. The molecule has 20 heavy (non-hydrogen) atoms. The van der Waals surface area contributed by atoms with Crippen molar-refractivity contribution in [1.29, 1.82) is 0 Å². The monoisotopic (exact) mass is 336 g/mol. The van der Waals surface area contributed by atoms with Gasteiger partial charge >= 0.3 is 0 Å². The van der Waals surface area contributed by atoms with E-state index in [9.17, 15) is 4.79 Å². The third-order valence-corrected chi connectivity index (χ3v) is 5.40. The average molecular weight is 337 g/mol. The van der Waals surface area contributed by atoms with E-state index < -0.39 is 0 Å². The van der Waals surface area contributed by atoms with Gasteiger partial charge in [0.05, 0.1) is 0 Å². The lowest BCUT2D eigenvalue weighted by atomic mass is 9.68. The molecule has 3 nitrogen and oxygen atoms in total. The molecule has 108 valence electrons. The van der Waals surface area contributed by atoms with E-state index in [0.717, 1.165) is 17.7 Å². The maximum atomic E-state index is 12.5. The van der Waals surface area contributed by atoms with Gasteiger partial charge in [-0.05, 0) is 59.2 Å². The maximum Gasteiger partial charge on any atom is 0.272 e. The molecule has 0 atom stereocenters. The van der Waals surface area contributed by atoms with Crippen LogP contribution in [0.2, 0.25) is 0 Å². The van der Waals surface area contributed by atoms with Gasteiger partial charge in [0, 0.05) is 13.1 Å². The van der Waals surface area contributed by atoms with E-state index in [1.54, 1.807) is 6.07 Å². The molecule has 0 N–H and O–H groups in total. The molecule has 2 fully saturated rings. The standard InChI is InChI=1S/C16H21BrN2O/c17-14-6-4-5-13(18-14)15(20)19-11-9-16(10-12-19)7-2-1-3-8-16/h4-6H,1-3,7-12H2. The molecule has 2 aliphatic rings. The number of carbonyl (C=O) groups is 1. The van der Waals surface area contributed by atoms with E-state index in [2.05, 4.69) is 20.9 Å². The molecular weight excluding hydrogens is 316 g/mol. The minimum atomic E-state index is 0.0805. The van der Waals surface area contributed by atoms with Crippen LogP contribution in [0.4, 0.5) is 0 Å². The summed E-state index contributed by atoms with van der Waals surface area (Å²) >= 11 is 3.33. The number of carbonyl (C=O) groups excluding carboxylic acids is 1. The number of amides is 1. The second-order valence-corrected chi connectivity index (χ2v) is 7.01. The second kappa shape index (κ2) is 5.84. The van der Waals surface area contributed by atoms with E-state index in [1.807, 2.05) is 17.0 Å². The number of nitrogens with zero attached hydrogens (tertiary/aromatic N) is 2. The van der Waals surface area contributed by atoms with Gasteiger partial charge in [0.25, 0.3) is 5.91 Å². The number of pyridine rings is 1. The summed E-state index contributed by atoms with van der Waals surface area (Å²) in [4.78, 5) is 18.7. The first-order valence-corrected chi connectivity index (χ1v) is 8.40. The summed E-state index contributed by atoms with van der Waals surface area (Å²) in [6, 6.07) is 5.53. The number of aromatic nitrogens is 1. The Bertz CT molecular complexity index is 487. The molecule has 1 aromatic rings. The fourth-order valence-corrected chi connectivity index (χ4v) is 4.02. The molecule has 1 aliphatic carbocycles. The van der Waals surface area contributed by atoms with E-state index >= 15 is 0 Å². The fourth-order valence-electron chi connectivity index (χ4n) is 3.68. The largest absolute Gasteiger partial charge is 0.337 e. The maximum absolute atomic E-state index is 12.5. The van der Waals surface area contributed by atoms with Crippen LogP contribution in [-0.2, 0) is 0 Å². The Balaban J connectivity index is 1.64. The van der Waals surface area contributed by atoms with Gasteiger partial charge in [-0.15, -0.1) is 0 Å². The van der Waals surface area contributed by atoms with Gasteiger partial charge in [0.15, 0.2) is 0 Å². The van der Waals surface area contributed by atoms with Crippen molar-refractivity contribution in [2.24, 2.45) is 5.41 Å². The lowest BCUT2D eigenvalue weighted by Crippen LogP contribution is -2.44. The summed E-state index contributed by atoms with van der Waals surface area (Å²) in [5.74, 6) is 0.0805. The lowest BCUT2D eigenvalue weighted by Gasteiger charge is -2.44. The summed E-state index contributed by atoms with van der Waals surface area (Å²) in [7, 11) is 0. The first-order valence-electron chi connectivity index (χ1n) is 7.60. The van der Waals surface area contributed by atoms with Crippen molar-refractivity contribution in [2.45, 2.75) is 44.9 Å². The van der Waals surface area contributed by atoms with Crippen LogP contribution in [0.1, 0.15) is 55.4 Å². The van der Waals surface area contributed by atoms with Crippen LogP contribution in [0.25, 0.3) is 0 Å². The average Bonchev–Trinajstić information content (AvgIpc) is 2.48. The zero-order chi connectivity index (χ0) is 14.0. The summed E-state index contributed by atoms with van der Waals surface area (Å²) in [6.07, 6.45) is 9.22. The molecular formula is C16H21BrN2O. The van der Waals surface area contributed by atoms with Gasteiger partial charge in [-0.25, -0.2) is 4.98 Å². The highest BCUT2D eigenvalue weighted by molar-refractivity contribution is 9.10. The summed E-state index contributed by atoms with van der Waals surface area (Å²) in [6.45, 7) is 1.79. The van der Waals surface area contributed by atoms with E-state index in [0.29, 0.717) is 11.1 Å². The molecule has 1 aromatic heterocycles. The smallest absolute Gasteiger partial charge is 0.272 e. The Labute approximate surface area is 128 Å². The molecule has 0 bridgehead atoms. The number of likely N-dealkylation sites (tertiary alicyclic amines) is 1. The molecule has 1 saturated heterocycles. The highest BCUT2D eigenvalue weighted by atomic mass is 79.9. The molecule has 0 unspecified atom stereocenters. The fraction of sp³-hybridized carbons (Fsp3) is 0.625. The second-order valence-electron chi connectivity index (χ2n) is 6.20. The van der Waals surface area contributed by atoms with Crippen molar-refractivity contribution in [3.05, 3.63) is 28.5 Å². The van der Waals surface area contributed by atoms with E-state index in [-0.39, 0.29) is 5.91 Å². The zero-order valence-electron chi connectivity index (χ0n) is 11.8. The normalized spacial score (nSPS) is 21.9. The Morgan fingerprint density at radius 1 is 1.10 bits per heavy atom. The third-order valence-electron chi connectivity index (χ3n) is 4.96. The quantitative estimate of drug-likeness (QED) is 0.725. The van der Waals surface area contributed by atoms with Gasteiger partial charge in [-0.3, -0.25) is 4.79 Å². The molecule has 4 heteroatoms. The molecule has 1 aliphatic heterocycles. The molecule has 0 radical (unpaired) electrons. The first-order chi connectivity index (χ1) is 9.69. The van der Waals surface area contributed by atoms with Crippen molar-refractivity contribution in [3.63, 3.8) is 0 Å². The highest BCUT2D eigenvalue weighted by Crippen LogP contribution is 2.44. The van der Waals surface area contributed by atoms with Crippen molar-refractivity contribution < 1.29 is 4.79 Å². The van der Waals surface area contributed by atoms with Gasteiger partial charge in [-0.1, -0.05) is 25.3 Å². The van der Waals surface area contributed by atoms with Crippen molar-refractivity contribution in [3.8, 4) is 0 Å². The Morgan fingerprint density at radius 3 is 2.45 bits per heavy atom. The van der Waals surface area contributed by atoms with Gasteiger partial charge < -0.3 is 4.90 Å². The number of hydrogen-bond acceptors (Lipinski definition) is 2. The molecule has 1 amide bonds. The first kappa shape index (κ1) is 14.1. The molecule has 0 aromatic carbocycles. The molecule has 1 spiro atoms. The predicted octanol–water partition coefficient (Wildman–Crippen LogP) is 4.03. The number of hydrogen-bond donors (Lipinski definition) is 0. The van der Waals surface area contributed by atoms with Crippen LogP contribution in [0, 0.1) is 5.41 Å². The van der Waals surface area contributed by atoms with Crippen LogP contribution >= 0.6 is 15.9 Å². The van der Waals surface area contributed by atoms with Crippen LogP contribution in [0.15, 0.2) is 22.8 Å². The van der Waals surface area contributed by atoms with Crippen molar-refractivity contribution >= 4 is 21.8 Å². The van der Waals surface area contributed by atoms with Crippen LogP contribution in [0.5, 0.6) is 0 Å². The topological polar surface area (TPSA) is 33.2 Å².